The van der Waals surface area contributed by atoms with Crippen LogP contribution < -0.4 is 4.74 Å². The lowest BCUT2D eigenvalue weighted by Crippen LogP contribution is -2.28. The Morgan fingerprint density at radius 1 is 1.14 bits per heavy atom. The van der Waals surface area contributed by atoms with E-state index in [1.807, 2.05) is 18.2 Å². The molecule has 154 valence electrons. The average Bonchev–Trinajstić information content (AvgIpc) is 3.28. The summed E-state index contributed by atoms with van der Waals surface area (Å²) >= 11 is 0. The fourth-order valence-corrected chi connectivity index (χ4v) is 3.67. The first-order valence-electron chi connectivity index (χ1n) is 9.57. The van der Waals surface area contributed by atoms with Crippen LogP contribution in [0.5, 0.6) is 5.75 Å². The molecule has 0 spiro atoms. The molecule has 1 N–H and O–H groups in total. The molecule has 3 rings (SSSR count). The molecule has 0 fully saturated rings. The fourth-order valence-electron chi connectivity index (χ4n) is 3.67. The van der Waals surface area contributed by atoms with Crippen molar-refractivity contribution in [3.05, 3.63) is 51.8 Å². The highest BCUT2D eigenvalue weighted by Gasteiger charge is 2.27. The Balaban J connectivity index is 1.59. The lowest BCUT2D eigenvalue weighted by molar-refractivity contribution is -0.148. The summed E-state index contributed by atoms with van der Waals surface area (Å²) in [5, 5.41) is 0. The number of carbonyl (C=O) groups is 3. The van der Waals surface area contributed by atoms with Gasteiger partial charge in [0.05, 0.1) is 18.4 Å². The summed E-state index contributed by atoms with van der Waals surface area (Å²) in [6.45, 7) is 4.53. The maximum Gasteiger partial charge on any atom is 0.344 e. The van der Waals surface area contributed by atoms with Crippen molar-refractivity contribution in [2.75, 3.05) is 13.7 Å². The van der Waals surface area contributed by atoms with Crippen LogP contribution in [0.25, 0.3) is 0 Å². The molecule has 0 saturated carbocycles. The SMILES string of the molecule is COC(=O)c1c(C)[nH]c(C(=O)[C@H](C)OC(=O)COc2ccc3c(c2)CCC3)c1C. The van der Waals surface area contributed by atoms with Crippen molar-refractivity contribution in [2.45, 2.75) is 46.1 Å². The summed E-state index contributed by atoms with van der Waals surface area (Å²) in [5.74, 6) is -0.977. The van der Waals surface area contributed by atoms with Crippen molar-refractivity contribution in [3.8, 4) is 5.75 Å². The van der Waals surface area contributed by atoms with Crippen molar-refractivity contribution in [1.29, 1.82) is 0 Å². The minimum atomic E-state index is -1.02. The molecule has 0 bridgehead atoms. The summed E-state index contributed by atoms with van der Waals surface area (Å²) < 4.78 is 15.5. The van der Waals surface area contributed by atoms with Gasteiger partial charge in [-0.2, -0.15) is 0 Å². The summed E-state index contributed by atoms with van der Waals surface area (Å²) in [4.78, 5) is 39.6. The number of nitrogens with one attached hydrogen (secondary N) is 1. The van der Waals surface area contributed by atoms with Gasteiger partial charge in [-0.3, -0.25) is 4.79 Å². The van der Waals surface area contributed by atoms with Gasteiger partial charge in [0.15, 0.2) is 12.7 Å². The molecule has 1 atom stereocenters. The van der Waals surface area contributed by atoms with E-state index in [1.165, 1.54) is 25.2 Å². The number of esters is 2. The predicted octanol–water partition coefficient (Wildman–Crippen LogP) is 3.10. The third-order valence-corrected chi connectivity index (χ3v) is 5.18. The Bertz CT molecular complexity index is 958. The Morgan fingerprint density at radius 2 is 1.86 bits per heavy atom. The normalized spacial score (nSPS) is 13.5. The van der Waals surface area contributed by atoms with Crippen LogP contribution in [0.2, 0.25) is 0 Å². The van der Waals surface area contributed by atoms with Crippen molar-refractivity contribution in [1.82, 2.24) is 4.98 Å². The molecular formula is C22H25NO6. The zero-order valence-electron chi connectivity index (χ0n) is 17.1. The van der Waals surface area contributed by atoms with Crippen LogP contribution >= 0.6 is 0 Å². The number of aryl methyl sites for hydroxylation is 3. The van der Waals surface area contributed by atoms with E-state index in [4.69, 9.17) is 14.2 Å². The van der Waals surface area contributed by atoms with E-state index in [0.29, 0.717) is 22.6 Å². The van der Waals surface area contributed by atoms with E-state index < -0.39 is 23.8 Å². The maximum absolute atomic E-state index is 12.7. The Labute approximate surface area is 169 Å². The van der Waals surface area contributed by atoms with E-state index in [2.05, 4.69) is 4.98 Å². The molecule has 0 amide bonds. The molecule has 29 heavy (non-hydrogen) atoms. The third-order valence-electron chi connectivity index (χ3n) is 5.18. The first-order chi connectivity index (χ1) is 13.8. The topological polar surface area (TPSA) is 94.7 Å². The highest BCUT2D eigenvalue weighted by atomic mass is 16.6. The van der Waals surface area contributed by atoms with E-state index in [1.54, 1.807) is 13.8 Å². The molecule has 1 aromatic carbocycles. The van der Waals surface area contributed by atoms with Crippen molar-refractivity contribution >= 4 is 17.7 Å². The largest absolute Gasteiger partial charge is 0.482 e. The Kier molecular flexibility index (Phi) is 6.06. The Morgan fingerprint density at radius 3 is 2.59 bits per heavy atom. The van der Waals surface area contributed by atoms with E-state index in [9.17, 15) is 14.4 Å². The zero-order valence-corrected chi connectivity index (χ0v) is 17.1. The number of ether oxygens (including phenoxy) is 3. The van der Waals surface area contributed by atoms with Crippen LogP contribution in [-0.4, -0.2) is 42.5 Å². The van der Waals surface area contributed by atoms with Gasteiger partial charge in [-0.05, 0) is 68.9 Å². The number of carbonyl (C=O) groups excluding carboxylic acids is 3. The van der Waals surface area contributed by atoms with Crippen LogP contribution in [0.3, 0.4) is 0 Å². The number of aromatic amines is 1. The second-order valence-electron chi connectivity index (χ2n) is 7.19. The van der Waals surface area contributed by atoms with Crippen LogP contribution in [0.15, 0.2) is 18.2 Å². The van der Waals surface area contributed by atoms with Crippen molar-refractivity contribution in [2.24, 2.45) is 0 Å². The molecule has 0 saturated heterocycles. The molecular weight excluding hydrogens is 374 g/mol. The van der Waals surface area contributed by atoms with Gasteiger partial charge >= 0.3 is 11.9 Å². The van der Waals surface area contributed by atoms with Crippen LogP contribution in [0.4, 0.5) is 0 Å². The minimum absolute atomic E-state index is 0.225. The number of H-pyrrole nitrogens is 1. The number of rotatable bonds is 7. The Hall–Kier alpha value is -3.09. The molecule has 1 heterocycles. The molecule has 2 aromatic rings. The number of fused-ring (bicyclic) bond motifs is 1. The van der Waals surface area contributed by atoms with E-state index >= 15 is 0 Å². The van der Waals surface area contributed by atoms with Crippen LogP contribution in [0.1, 0.15) is 56.6 Å². The monoisotopic (exact) mass is 399 g/mol. The van der Waals surface area contributed by atoms with Crippen LogP contribution in [-0.2, 0) is 27.1 Å². The molecule has 1 aliphatic carbocycles. The highest BCUT2D eigenvalue weighted by molar-refractivity contribution is 6.03. The standard InChI is InChI=1S/C22H25NO6/c1-12-19(22(26)27-4)13(2)23-20(12)21(25)14(3)29-18(24)11-28-17-9-8-15-6-5-7-16(15)10-17/h8-10,14,23H,5-7,11H2,1-4H3/t14-/m0/s1. The van der Waals surface area contributed by atoms with Crippen molar-refractivity contribution in [3.63, 3.8) is 0 Å². The fraction of sp³-hybridized carbons (Fsp3) is 0.409. The lowest BCUT2D eigenvalue weighted by atomic mass is 10.1. The molecule has 0 aliphatic heterocycles. The zero-order chi connectivity index (χ0) is 21.1. The van der Waals surface area contributed by atoms with E-state index in [0.717, 1.165) is 19.3 Å². The number of hydrogen-bond acceptors (Lipinski definition) is 6. The first kappa shape index (κ1) is 20.6. The smallest absolute Gasteiger partial charge is 0.344 e. The first-order valence-corrected chi connectivity index (χ1v) is 9.57. The summed E-state index contributed by atoms with van der Waals surface area (Å²) in [6, 6.07) is 5.80. The summed E-state index contributed by atoms with van der Waals surface area (Å²) in [6.07, 6.45) is 2.21. The van der Waals surface area contributed by atoms with Crippen LogP contribution in [0, 0.1) is 13.8 Å². The van der Waals surface area contributed by atoms with Gasteiger partial charge in [-0.1, -0.05) is 6.07 Å². The number of methoxy groups -OCH3 is 1. The molecule has 7 heteroatoms. The average molecular weight is 399 g/mol. The quantitative estimate of drug-likeness (QED) is 0.568. The number of benzene rings is 1. The molecule has 0 unspecified atom stereocenters. The number of ketones is 1. The number of Topliss-reactive ketones (excluding diaryl/α,β-unsaturated/α-hetero) is 1. The number of aromatic nitrogens is 1. The van der Waals surface area contributed by atoms with Gasteiger partial charge in [0.2, 0.25) is 5.78 Å². The van der Waals surface area contributed by atoms with Gasteiger partial charge in [0.25, 0.3) is 0 Å². The molecule has 1 aromatic heterocycles. The second-order valence-corrected chi connectivity index (χ2v) is 7.19. The minimum Gasteiger partial charge on any atom is -0.482 e. The van der Waals surface area contributed by atoms with Crippen molar-refractivity contribution < 1.29 is 28.6 Å². The molecule has 1 aliphatic rings. The van der Waals surface area contributed by atoms with Gasteiger partial charge < -0.3 is 19.2 Å². The van der Waals surface area contributed by atoms with Gasteiger partial charge in [0.1, 0.15) is 5.75 Å². The maximum atomic E-state index is 12.7. The van der Waals surface area contributed by atoms with Gasteiger partial charge in [0, 0.05) is 5.69 Å². The van der Waals surface area contributed by atoms with Gasteiger partial charge in [-0.25, -0.2) is 9.59 Å². The van der Waals surface area contributed by atoms with Gasteiger partial charge in [-0.15, -0.1) is 0 Å². The molecule has 0 radical (unpaired) electrons. The number of hydrogen-bond donors (Lipinski definition) is 1. The highest BCUT2D eigenvalue weighted by Crippen LogP contribution is 2.26. The summed E-state index contributed by atoms with van der Waals surface area (Å²) in [7, 11) is 1.28. The van der Waals surface area contributed by atoms with E-state index in [-0.39, 0.29) is 12.3 Å². The predicted molar refractivity (Wildman–Crippen MR) is 105 cm³/mol. The third kappa shape index (κ3) is 4.34. The second kappa shape index (κ2) is 8.51. The lowest BCUT2D eigenvalue weighted by Gasteiger charge is -2.13. The molecule has 7 nitrogen and oxygen atoms in total. The summed E-state index contributed by atoms with van der Waals surface area (Å²) in [5.41, 5.74) is 4.10.